The zero-order valence-corrected chi connectivity index (χ0v) is 27.0. The summed E-state index contributed by atoms with van der Waals surface area (Å²) in [5.41, 5.74) is 9.68. The predicted octanol–water partition coefficient (Wildman–Crippen LogP) is 11.7. The van der Waals surface area contributed by atoms with Crippen LogP contribution in [0, 0.1) is 0 Å². The van der Waals surface area contributed by atoms with Crippen molar-refractivity contribution in [3.8, 4) is 11.4 Å². The smallest absolute Gasteiger partial charge is 0.0541 e. The maximum atomic E-state index is 6.17. The fraction of sp³-hybridized carbons (Fsp3) is 0.0233. The monoisotopic (exact) mass is 625 g/mol. The minimum atomic E-state index is 0.417. The van der Waals surface area contributed by atoms with Crippen LogP contribution in [0.4, 0.5) is 0 Å². The number of hydrogen-bond donors (Lipinski definition) is 1. The van der Waals surface area contributed by atoms with Crippen LogP contribution >= 0.6 is 9.24 Å². The molecule has 10 aromatic rings. The van der Waals surface area contributed by atoms with Gasteiger partial charge in [0.15, 0.2) is 0 Å². The number of nitrogens with one attached hydrogen (secondary N) is 1. The van der Waals surface area contributed by atoms with Crippen LogP contribution in [0.2, 0.25) is 0 Å². The van der Waals surface area contributed by atoms with E-state index in [-0.39, 0.29) is 0 Å². The van der Waals surface area contributed by atoms with E-state index in [1.807, 2.05) is 0 Å². The number of fused-ring (bicyclic) bond motifs is 9. The van der Waals surface area contributed by atoms with E-state index in [2.05, 4.69) is 193 Å². The van der Waals surface area contributed by atoms with E-state index in [0.717, 1.165) is 0 Å². The van der Waals surface area contributed by atoms with Crippen LogP contribution in [0.1, 0.15) is 1.37 Å². The molecule has 226 valence electrons. The number of benzene rings is 7. The molecule has 1 unspecified atom stereocenters. The van der Waals surface area contributed by atoms with Crippen molar-refractivity contribution in [2.45, 2.75) is 0 Å². The highest BCUT2D eigenvalue weighted by atomic mass is 31.0. The molecule has 10 rings (SSSR count). The van der Waals surface area contributed by atoms with Gasteiger partial charge in [-0.15, -0.1) is 9.24 Å². The largest absolute Gasteiger partial charge is 0.355 e. The first-order valence-electron chi connectivity index (χ1n) is 16.5. The van der Waals surface area contributed by atoms with Gasteiger partial charge in [0.2, 0.25) is 0 Å². The first-order chi connectivity index (χ1) is 23.8. The van der Waals surface area contributed by atoms with Gasteiger partial charge >= 0.3 is 0 Å². The highest BCUT2D eigenvalue weighted by Crippen LogP contribution is 2.35. The summed E-state index contributed by atoms with van der Waals surface area (Å²) in [6.45, 7) is 0.417. The number of nitrogens with zero attached hydrogens (tertiary/aromatic N) is 2. The molecule has 0 fully saturated rings. The third-order valence-electron chi connectivity index (χ3n) is 8.92. The molecule has 3 nitrogen and oxygen atoms in total. The van der Waals surface area contributed by atoms with Crippen LogP contribution in [0.15, 0.2) is 170 Å². The van der Waals surface area contributed by atoms with Crippen molar-refractivity contribution in [2.75, 3.05) is 6.64 Å². The lowest BCUT2D eigenvalue weighted by molar-refractivity contribution is 1.13. The fourth-order valence-electron chi connectivity index (χ4n) is 6.97. The van der Waals surface area contributed by atoms with Gasteiger partial charge in [-0.1, -0.05) is 122 Å². The summed E-state index contributed by atoms with van der Waals surface area (Å²) in [4.78, 5) is 3.38. The number of aromatic amines is 1. The van der Waals surface area contributed by atoms with Crippen molar-refractivity contribution >= 4 is 74.7 Å². The Hall–Kier alpha value is -5.63. The van der Waals surface area contributed by atoms with Crippen LogP contribution in [0.3, 0.4) is 0 Å². The SMILES string of the molecule is [3H]CP.c1cc(-n2c3ccccc3c3ccccc32)cc(-n2c3ccccc3c3ccccc32)c1.c1ccc2c(c1)[nH]c1ccccc12. The van der Waals surface area contributed by atoms with E-state index in [0.29, 0.717) is 6.64 Å². The van der Waals surface area contributed by atoms with Crippen molar-refractivity contribution in [2.24, 2.45) is 0 Å². The number of H-pyrrole nitrogens is 1. The van der Waals surface area contributed by atoms with Crippen LogP contribution in [-0.2, 0) is 0 Å². The van der Waals surface area contributed by atoms with Crippen molar-refractivity contribution in [1.29, 1.82) is 0 Å². The summed E-state index contributed by atoms with van der Waals surface area (Å²) < 4.78 is 10.9. The number of aromatic nitrogens is 3. The standard InChI is InChI=1S/C30H20N2.C12H9N.CH5P/c1-5-16-27-23(12-1)24-13-2-6-17-28(24)31(27)21-10-9-11-22(20-21)32-29-18-7-3-14-25(29)26-15-4-8-19-30(26)32;1-3-7-11-9(5-1)10-6-2-4-8-12(10)13-11;1-2/h1-20H;1-8,13H;2H2,1H3/i;;1T. The van der Waals surface area contributed by atoms with E-state index >= 15 is 0 Å². The number of para-hydroxylation sites is 6. The van der Waals surface area contributed by atoms with Gasteiger partial charge in [-0.25, -0.2) is 0 Å². The molecule has 3 aromatic heterocycles. The van der Waals surface area contributed by atoms with E-state index in [9.17, 15) is 0 Å². The molecule has 1 atom stereocenters. The molecule has 47 heavy (non-hydrogen) atoms. The Morgan fingerprint density at radius 1 is 0.404 bits per heavy atom. The minimum Gasteiger partial charge on any atom is -0.355 e. The van der Waals surface area contributed by atoms with E-state index in [4.69, 9.17) is 1.37 Å². The van der Waals surface area contributed by atoms with E-state index in [1.54, 1.807) is 0 Å². The molecule has 0 bridgehead atoms. The normalized spacial score (nSPS) is 11.5. The lowest BCUT2D eigenvalue weighted by Crippen LogP contribution is -1.98. The third-order valence-corrected chi connectivity index (χ3v) is 8.92. The summed E-state index contributed by atoms with van der Waals surface area (Å²) >= 11 is 0. The van der Waals surface area contributed by atoms with Gasteiger partial charge in [-0.05, 0) is 54.6 Å². The van der Waals surface area contributed by atoms with Gasteiger partial charge in [0.25, 0.3) is 0 Å². The van der Waals surface area contributed by atoms with Crippen LogP contribution in [-0.4, -0.2) is 20.8 Å². The summed E-state index contributed by atoms with van der Waals surface area (Å²) in [6.07, 6.45) is 0. The lowest BCUT2D eigenvalue weighted by Gasteiger charge is -2.12. The Labute approximate surface area is 277 Å². The van der Waals surface area contributed by atoms with Gasteiger partial charge in [-0.3, -0.25) is 0 Å². The van der Waals surface area contributed by atoms with Gasteiger partial charge < -0.3 is 14.1 Å². The molecule has 0 aliphatic rings. The number of rotatable bonds is 2. The van der Waals surface area contributed by atoms with Crippen LogP contribution in [0.5, 0.6) is 0 Å². The Balaban J connectivity index is 0.000000174. The first-order valence-corrected chi connectivity index (χ1v) is 16.6. The van der Waals surface area contributed by atoms with Gasteiger partial charge in [0.05, 0.1) is 22.1 Å². The molecule has 0 saturated carbocycles. The third kappa shape index (κ3) is 4.88. The molecule has 0 saturated heterocycles. The van der Waals surface area contributed by atoms with Crippen molar-refractivity contribution in [3.05, 3.63) is 170 Å². The highest BCUT2D eigenvalue weighted by Gasteiger charge is 2.14. The highest BCUT2D eigenvalue weighted by molar-refractivity contribution is 7.15. The molecule has 0 aliphatic carbocycles. The van der Waals surface area contributed by atoms with Crippen LogP contribution in [0.25, 0.3) is 76.8 Å². The molecular formula is C43H34N3P. The fourth-order valence-corrected chi connectivity index (χ4v) is 6.97. The maximum Gasteiger partial charge on any atom is 0.0541 e. The molecule has 1 N–H and O–H groups in total. The summed E-state index contributed by atoms with van der Waals surface area (Å²) in [5.74, 6) is 0. The molecule has 3 heterocycles. The molecule has 0 spiro atoms. The number of hydrogen-bond acceptors (Lipinski definition) is 0. The molecule has 7 aromatic carbocycles. The lowest BCUT2D eigenvalue weighted by atomic mass is 10.2. The van der Waals surface area contributed by atoms with E-state index in [1.165, 1.54) is 76.8 Å². The summed E-state index contributed by atoms with van der Waals surface area (Å²) in [6, 6.07) is 60.3. The van der Waals surface area contributed by atoms with Gasteiger partial charge in [-0.2, -0.15) is 0 Å². The second-order valence-corrected chi connectivity index (χ2v) is 11.5. The first kappa shape index (κ1) is 27.7. The summed E-state index contributed by atoms with van der Waals surface area (Å²) in [5, 5.41) is 7.74. The zero-order chi connectivity index (χ0) is 32.5. The Bertz CT molecular complexity index is 2410. The summed E-state index contributed by atoms with van der Waals surface area (Å²) in [7, 11) is 2.25. The Morgan fingerprint density at radius 2 is 0.702 bits per heavy atom. The van der Waals surface area contributed by atoms with E-state index < -0.39 is 0 Å². The Morgan fingerprint density at radius 3 is 1.06 bits per heavy atom. The van der Waals surface area contributed by atoms with Crippen molar-refractivity contribution < 1.29 is 1.37 Å². The quantitative estimate of drug-likeness (QED) is 0.185. The molecule has 4 heteroatoms. The minimum absolute atomic E-state index is 0.417. The molecule has 0 aliphatic heterocycles. The van der Waals surface area contributed by atoms with Crippen molar-refractivity contribution in [1.82, 2.24) is 14.1 Å². The molecular weight excluding hydrogens is 589 g/mol. The maximum absolute atomic E-state index is 6.17. The zero-order valence-electron chi connectivity index (χ0n) is 26.8. The topological polar surface area (TPSA) is 25.6 Å². The van der Waals surface area contributed by atoms with Crippen molar-refractivity contribution in [3.63, 3.8) is 0 Å². The van der Waals surface area contributed by atoms with Gasteiger partial charge in [0.1, 0.15) is 0 Å². The predicted molar refractivity (Wildman–Crippen MR) is 207 cm³/mol. The average Bonchev–Trinajstić information content (AvgIpc) is 3.80. The molecule has 0 amide bonds. The second-order valence-electron chi connectivity index (χ2n) is 11.5. The van der Waals surface area contributed by atoms with Crippen LogP contribution < -0.4 is 0 Å². The Kier molecular flexibility index (Phi) is 7.23. The second kappa shape index (κ2) is 12.3. The average molecular weight is 626 g/mol. The molecule has 0 radical (unpaired) electrons. The van der Waals surface area contributed by atoms with Gasteiger partial charge in [0, 0.05) is 56.1 Å².